The van der Waals surface area contributed by atoms with E-state index in [9.17, 15) is 10.2 Å². The molecule has 19 heavy (non-hydrogen) atoms. The lowest BCUT2D eigenvalue weighted by molar-refractivity contribution is 0.399. The molecule has 6 nitrogen and oxygen atoms in total. The summed E-state index contributed by atoms with van der Waals surface area (Å²) in [5, 5.41) is 19.1. The molecule has 96 valence electrons. The summed E-state index contributed by atoms with van der Waals surface area (Å²) in [7, 11) is 1.54. The molecule has 2 aromatic heterocycles. The van der Waals surface area contributed by atoms with E-state index in [1.54, 1.807) is 18.2 Å². The number of pyridine rings is 1. The highest BCUT2D eigenvalue weighted by Crippen LogP contribution is 2.31. The first-order chi connectivity index (χ1) is 9.17. The summed E-state index contributed by atoms with van der Waals surface area (Å²) in [5.41, 5.74) is 1.74. The summed E-state index contributed by atoms with van der Waals surface area (Å²) in [5.74, 6) is 0.900. The van der Waals surface area contributed by atoms with Crippen molar-refractivity contribution in [2.45, 2.75) is 0 Å². The first-order valence-corrected chi connectivity index (χ1v) is 5.60. The van der Waals surface area contributed by atoms with Gasteiger partial charge in [0, 0.05) is 12.1 Å². The number of ether oxygens (including phenoxy) is 1. The lowest BCUT2D eigenvalue weighted by atomic mass is 10.2. The fraction of sp³-hybridized carbons (Fsp3) is 0.0769. The van der Waals surface area contributed by atoms with Crippen LogP contribution in [0, 0.1) is 0 Å². The van der Waals surface area contributed by atoms with Crippen LogP contribution in [-0.4, -0.2) is 32.3 Å². The van der Waals surface area contributed by atoms with Gasteiger partial charge in [-0.05, 0) is 18.2 Å². The highest BCUT2D eigenvalue weighted by molar-refractivity contribution is 5.78. The van der Waals surface area contributed by atoms with Crippen molar-refractivity contribution in [3.8, 4) is 28.8 Å². The SMILES string of the molecule is COc1ccc2[nH]c(-c3ccc(O)cc3O)nc2n1. The third kappa shape index (κ3) is 1.93. The number of benzene rings is 1. The minimum atomic E-state index is -0.0500. The van der Waals surface area contributed by atoms with Gasteiger partial charge in [-0.3, -0.25) is 0 Å². The molecule has 1 aromatic carbocycles. The molecule has 0 bridgehead atoms. The topological polar surface area (TPSA) is 91.3 Å². The lowest BCUT2D eigenvalue weighted by Gasteiger charge is -2.00. The number of hydrogen-bond acceptors (Lipinski definition) is 5. The van der Waals surface area contributed by atoms with Gasteiger partial charge in [0.1, 0.15) is 17.3 Å². The first kappa shape index (κ1) is 11.3. The Bertz CT molecular complexity index is 752. The highest BCUT2D eigenvalue weighted by atomic mass is 16.5. The molecule has 0 aliphatic rings. The van der Waals surface area contributed by atoms with Crippen molar-refractivity contribution in [3.63, 3.8) is 0 Å². The molecule has 0 saturated carbocycles. The second-order valence-electron chi connectivity index (χ2n) is 4.01. The predicted molar refractivity (Wildman–Crippen MR) is 69.2 cm³/mol. The molecule has 0 fully saturated rings. The number of aromatic hydroxyl groups is 2. The molecule has 0 radical (unpaired) electrons. The van der Waals surface area contributed by atoms with Crippen molar-refractivity contribution in [1.29, 1.82) is 0 Å². The second-order valence-corrected chi connectivity index (χ2v) is 4.01. The van der Waals surface area contributed by atoms with Gasteiger partial charge < -0.3 is 19.9 Å². The van der Waals surface area contributed by atoms with E-state index in [1.165, 1.54) is 19.2 Å². The van der Waals surface area contributed by atoms with E-state index in [1.807, 2.05) is 0 Å². The van der Waals surface area contributed by atoms with Gasteiger partial charge in [0.15, 0.2) is 5.65 Å². The maximum absolute atomic E-state index is 9.81. The molecular formula is C13H11N3O3. The Morgan fingerprint density at radius 2 is 1.95 bits per heavy atom. The third-order valence-electron chi connectivity index (χ3n) is 2.77. The Morgan fingerprint density at radius 3 is 2.68 bits per heavy atom. The van der Waals surface area contributed by atoms with Crippen LogP contribution in [0.2, 0.25) is 0 Å². The van der Waals surface area contributed by atoms with Gasteiger partial charge in [0.25, 0.3) is 0 Å². The van der Waals surface area contributed by atoms with Crippen LogP contribution in [0.4, 0.5) is 0 Å². The quantitative estimate of drug-likeness (QED) is 0.653. The van der Waals surface area contributed by atoms with Crippen molar-refractivity contribution >= 4 is 11.2 Å². The fourth-order valence-corrected chi connectivity index (χ4v) is 1.84. The summed E-state index contributed by atoms with van der Waals surface area (Å²) < 4.78 is 5.03. The Balaban J connectivity index is 2.14. The van der Waals surface area contributed by atoms with Crippen LogP contribution >= 0.6 is 0 Å². The number of aromatic amines is 1. The molecule has 3 rings (SSSR count). The zero-order chi connectivity index (χ0) is 13.4. The van der Waals surface area contributed by atoms with Crippen LogP contribution in [0.1, 0.15) is 0 Å². The second kappa shape index (κ2) is 4.16. The number of phenolic OH excluding ortho intramolecular Hbond substituents is 2. The number of H-pyrrole nitrogens is 1. The molecule has 3 aromatic rings. The van der Waals surface area contributed by atoms with Crippen molar-refractivity contribution in [3.05, 3.63) is 30.3 Å². The van der Waals surface area contributed by atoms with Gasteiger partial charge in [-0.2, -0.15) is 4.98 Å². The average Bonchev–Trinajstić information content (AvgIpc) is 2.80. The highest BCUT2D eigenvalue weighted by Gasteiger charge is 2.11. The van der Waals surface area contributed by atoms with Gasteiger partial charge >= 0.3 is 0 Å². The van der Waals surface area contributed by atoms with Crippen molar-refractivity contribution < 1.29 is 14.9 Å². The molecule has 3 N–H and O–H groups in total. The Labute approximate surface area is 108 Å². The van der Waals surface area contributed by atoms with Gasteiger partial charge in [0.05, 0.1) is 18.2 Å². The van der Waals surface area contributed by atoms with E-state index in [-0.39, 0.29) is 11.5 Å². The predicted octanol–water partition coefficient (Wildman–Crippen LogP) is 2.04. The molecule has 0 saturated heterocycles. The number of rotatable bonds is 2. The van der Waals surface area contributed by atoms with E-state index in [0.717, 1.165) is 5.52 Å². The third-order valence-corrected chi connectivity index (χ3v) is 2.77. The summed E-state index contributed by atoms with van der Waals surface area (Å²) in [6.07, 6.45) is 0. The number of methoxy groups -OCH3 is 1. The number of nitrogens with one attached hydrogen (secondary N) is 1. The molecule has 0 amide bonds. The van der Waals surface area contributed by atoms with Crippen LogP contribution in [0.3, 0.4) is 0 Å². The summed E-state index contributed by atoms with van der Waals surface area (Å²) in [6.45, 7) is 0. The number of aromatic nitrogens is 3. The van der Waals surface area contributed by atoms with Crippen LogP contribution in [0.5, 0.6) is 17.4 Å². The smallest absolute Gasteiger partial charge is 0.215 e. The van der Waals surface area contributed by atoms with Crippen LogP contribution in [-0.2, 0) is 0 Å². The maximum Gasteiger partial charge on any atom is 0.215 e. The molecule has 2 heterocycles. The average molecular weight is 257 g/mol. The minimum absolute atomic E-state index is 0.00263. The van der Waals surface area contributed by atoms with Crippen LogP contribution in [0.25, 0.3) is 22.6 Å². The van der Waals surface area contributed by atoms with Gasteiger partial charge in [-0.15, -0.1) is 0 Å². The molecule has 0 aliphatic carbocycles. The van der Waals surface area contributed by atoms with Crippen molar-refractivity contribution in [1.82, 2.24) is 15.0 Å². The standard InChI is InChI=1S/C13H11N3O3/c1-19-11-5-4-9-13(15-11)16-12(14-9)8-3-2-7(17)6-10(8)18/h2-6,17-18H,1H3,(H,14,15,16). The Morgan fingerprint density at radius 1 is 1.11 bits per heavy atom. The van der Waals surface area contributed by atoms with E-state index in [4.69, 9.17) is 4.74 Å². The van der Waals surface area contributed by atoms with E-state index in [2.05, 4.69) is 15.0 Å². The molecule has 0 aliphatic heterocycles. The number of imidazole rings is 1. The van der Waals surface area contributed by atoms with Crippen molar-refractivity contribution in [2.75, 3.05) is 7.11 Å². The van der Waals surface area contributed by atoms with E-state index < -0.39 is 0 Å². The molecular weight excluding hydrogens is 246 g/mol. The zero-order valence-electron chi connectivity index (χ0n) is 10.1. The van der Waals surface area contributed by atoms with Gasteiger partial charge in [-0.25, -0.2) is 4.98 Å². The number of phenols is 2. The monoisotopic (exact) mass is 257 g/mol. The molecule has 0 atom stereocenters. The maximum atomic E-state index is 9.81. The van der Waals surface area contributed by atoms with E-state index >= 15 is 0 Å². The molecule has 0 spiro atoms. The lowest BCUT2D eigenvalue weighted by Crippen LogP contribution is -1.86. The summed E-state index contributed by atoms with van der Waals surface area (Å²) in [6, 6.07) is 7.85. The molecule has 0 unspecified atom stereocenters. The van der Waals surface area contributed by atoms with E-state index in [0.29, 0.717) is 22.9 Å². The summed E-state index contributed by atoms with van der Waals surface area (Å²) in [4.78, 5) is 11.5. The van der Waals surface area contributed by atoms with Gasteiger partial charge in [0.2, 0.25) is 5.88 Å². The minimum Gasteiger partial charge on any atom is -0.508 e. The van der Waals surface area contributed by atoms with Gasteiger partial charge in [-0.1, -0.05) is 0 Å². The van der Waals surface area contributed by atoms with Crippen LogP contribution < -0.4 is 4.74 Å². The van der Waals surface area contributed by atoms with Crippen LogP contribution in [0.15, 0.2) is 30.3 Å². The number of fused-ring (bicyclic) bond motifs is 1. The fourth-order valence-electron chi connectivity index (χ4n) is 1.84. The molecule has 6 heteroatoms. The zero-order valence-corrected chi connectivity index (χ0v) is 10.1. The Hall–Kier alpha value is -2.76. The Kier molecular flexibility index (Phi) is 2.49. The number of hydrogen-bond donors (Lipinski definition) is 3. The first-order valence-electron chi connectivity index (χ1n) is 5.60. The number of nitrogens with zero attached hydrogens (tertiary/aromatic N) is 2. The normalized spacial score (nSPS) is 10.8. The summed E-state index contributed by atoms with van der Waals surface area (Å²) >= 11 is 0. The van der Waals surface area contributed by atoms with Crippen molar-refractivity contribution in [2.24, 2.45) is 0 Å². The largest absolute Gasteiger partial charge is 0.508 e.